The van der Waals surface area contributed by atoms with Crippen LogP contribution in [0.4, 0.5) is 0 Å². The van der Waals surface area contributed by atoms with E-state index in [1.807, 2.05) is 0 Å². The number of aliphatic hydroxyl groups excluding tert-OH is 3. The number of hydrogen-bond acceptors (Lipinski definition) is 11. The third-order valence-corrected chi connectivity index (χ3v) is 9.41. The number of nitrogens with zero attached hydrogens (tertiary/aromatic N) is 8. The molecule has 11 heteroatoms. The molecule has 6 atom stereocenters. The molecule has 0 aromatic heterocycles. The predicted molar refractivity (Wildman–Crippen MR) is 150 cm³/mol. The van der Waals surface area contributed by atoms with Gasteiger partial charge in [-0.15, -0.1) is 0 Å². The van der Waals surface area contributed by atoms with Crippen LogP contribution < -0.4 is 0 Å². The van der Waals surface area contributed by atoms with E-state index < -0.39 is 0 Å². The quantitative estimate of drug-likeness (QED) is 0.288. The van der Waals surface area contributed by atoms with E-state index in [2.05, 4.69) is 39.2 Å². The summed E-state index contributed by atoms with van der Waals surface area (Å²) in [6.07, 6.45) is -0.876. The molecule has 0 amide bonds. The van der Waals surface area contributed by atoms with Crippen molar-refractivity contribution in [1.29, 1.82) is 0 Å². The minimum absolute atomic E-state index is 0.292. The van der Waals surface area contributed by atoms with Crippen LogP contribution >= 0.6 is 0 Å². The molecule has 0 saturated carbocycles. The largest absolute Gasteiger partial charge is 0.390 e. The molecule has 11 nitrogen and oxygen atoms in total. The average molecular weight is 539 g/mol. The second-order valence-electron chi connectivity index (χ2n) is 12.4. The van der Waals surface area contributed by atoms with Gasteiger partial charge >= 0.3 is 0 Å². The van der Waals surface area contributed by atoms with Crippen molar-refractivity contribution in [2.24, 2.45) is 0 Å². The molecular formula is C27H54N8O3. The molecule has 6 unspecified atom stereocenters. The van der Waals surface area contributed by atoms with Gasteiger partial charge in [-0.1, -0.05) is 0 Å². The van der Waals surface area contributed by atoms with E-state index in [-0.39, 0.29) is 18.3 Å². The fraction of sp³-hybridized carbons (Fsp3) is 1.00. The van der Waals surface area contributed by atoms with Gasteiger partial charge in [-0.3, -0.25) is 39.2 Å². The molecule has 220 valence electrons. The van der Waals surface area contributed by atoms with Crippen LogP contribution in [0.3, 0.4) is 0 Å². The third-order valence-electron chi connectivity index (χ3n) is 9.41. The molecule has 3 N–H and O–H groups in total. The van der Waals surface area contributed by atoms with Crippen LogP contribution in [-0.4, -0.2) is 230 Å². The molecule has 6 heterocycles. The van der Waals surface area contributed by atoms with E-state index in [1.165, 1.54) is 0 Å². The topological polar surface area (TPSA) is 86.6 Å². The summed E-state index contributed by atoms with van der Waals surface area (Å²) in [4.78, 5) is 19.9. The number of fused-ring (bicyclic) bond motifs is 6. The monoisotopic (exact) mass is 538 g/mol. The zero-order chi connectivity index (χ0) is 26.3. The van der Waals surface area contributed by atoms with Gasteiger partial charge in [0.25, 0.3) is 0 Å². The van der Waals surface area contributed by atoms with Gasteiger partial charge in [0.05, 0.1) is 18.3 Å². The van der Waals surface area contributed by atoms with Crippen molar-refractivity contribution < 1.29 is 15.3 Å². The van der Waals surface area contributed by atoms with Crippen molar-refractivity contribution in [3.8, 4) is 0 Å². The highest BCUT2D eigenvalue weighted by atomic mass is 16.3. The predicted octanol–water partition coefficient (Wildman–Crippen LogP) is -3.45. The second kappa shape index (κ2) is 14.5. The Kier molecular flexibility index (Phi) is 11.1. The first-order valence-corrected chi connectivity index (χ1v) is 15.3. The summed E-state index contributed by atoms with van der Waals surface area (Å²) in [7, 11) is 0. The average Bonchev–Trinajstić information content (AvgIpc) is 3.27. The molecule has 8 bridgehead atoms. The summed E-state index contributed by atoms with van der Waals surface area (Å²) in [6.45, 7) is 22.5. The molecule has 6 saturated heterocycles. The van der Waals surface area contributed by atoms with E-state index in [0.29, 0.717) is 0 Å². The summed E-state index contributed by atoms with van der Waals surface area (Å²) in [5, 5.41) is 32.5. The standard InChI is InChI=1S/C27H54N8O3/c36-25-19-30-7-1-28-2-8-31-15-17-34(23-26(37)21-31)11-5-29(4-10-33(20-25)14-13-30)6-12-35-18-16-32(9-3-28)22-27(38)24-35/h25-27,36-38H,1-24H2. The smallest absolute Gasteiger partial charge is 0.0793 e. The Morgan fingerprint density at radius 3 is 0.526 bits per heavy atom. The Morgan fingerprint density at radius 1 is 0.237 bits per heavy atom. The van der Waals surface area contributed by atoms with E-state index >= 15 is 0 Å². The maximum absolute atomic E-state index is 10.8. The maximum Gasteiger partial charge on any atom is 0.0793 e. The fourth-order valence-electron chi connectivity index (χ4n) is 6.94. The lowest BCUT2D eigenvalue weighted by molar-refractivity contribution is 0.0817. The highest BCUT2D eigenvalue weighted by Crippen LogP contribution is 2.11. The lowest BCUT2D eigenvalue weighted by Gasteiger charge is -2.32. The van der Waals surface area contributed by atoms with Crippen LogP contribution in [0.5, 0.6) is 0 Å². The van der Waals surface area contributed by atoms with Gasteiger partial charge in [0.1, 0.15) is 0 Å². The van der Waals surface area contributed by atoms with Gasteiger partial charge in [-0.2, -0.15) is 0 Å². The second-order valence-corrected chi connectivity index (χ2v) is 12.4. The van der Waals surface area contributed by atoms with Crippen LogP contribution in [0.15, 0.2) is 0 Å². The molecule has 0 spiro atoms. The normalized spacial score (nSPS) is 46.7. The lowest BCUT2D eigenvalue weighted by atomic mass is 10.3. The van der Waals surface area contributed by atoms with Gasteiger partial charge in [0.2, 0.25) is 0 Å². The molecule has 0 aliphatic carbocycles. The SMILES string of the molecule is OC1CN2CCN3CCN4CCN(CCN(CCN(CC2)C1)CCN1CCN(CC3)CC(O)C1)CC(O)C4. The first kappa shape index (κ1) is 29.1. The molecule has 6 aliphatic heterocycles. The summed E-state index contributed by atoms with van der Waals surface area (Å²) < 4.78 is 0. The molecule has 6 fully saturated rings. The summed E-state index contributed by atoms with van der Waals surface area (Å²) in [6, 6.07) is 0. The molecule has 6 rings (SSSR count). The molecule has 0 aromatic carbocycles. The van der Waals surface area contributed by atoms with Crippen molar-refractivity contribution in [3.05, 3.63) is 0 Å². The molecule has 0 aromatic rings. The third kappa shape index (κ3) is 9.04. The minimum Gasteiger partial charge on any atom is -0.390 e. The Balaban J connectivity index is 1.39. The highest BCUT2D eigenvalue weighted by Gasteiger charge is 2.27. The first-order valence-electron chi connectivity index (χ1n) is 15.3. The maximum atomic E-state index is 10.8. The van der Waals surface area contributed by atoms with Crippen molar-refractivity contribution in [1.82, 2.24) is 39.2 Å². The number of hydrogen-bond donors (Lipinski definition) is 3. The Morgan fingerprint density at radius 2 is 0.368 bits per heavy atom. The lowest BCUT2D eigenvalue weighted by Crippen LogP contribution is -2.46. The van der Waals surface area contributed by atoms with Crippen LogP contribution in [0.2, 0.25) is 0 Å². The zero-order valence-electron chi connectivity index (χ0n) is 23.6. The van der Waals surface area contributed by atoms with Crippen LogP contribution in [-0.2, 0) is 0 Å². The Hall–Kier alpha value is -0.440. The van der Waals surface area contributed by atoms with Gasteiger partial charge in [-0.25, -0.2) is 0 Å². The molecular weight excluding hydrogens is 484 g/mol. The van der Waals surface area contributed by atoms with Crippen molar-refractivity contribution >= 4 is 0 Å². The zero-order valence-corrected chi connectivity index (χ0v) is 23.6. The number of aliphatic hydroxyl groups is 3. The Bertz CT molecular complexity index is 563. The fourth-order valence-corrected chi connectivity index (χ4v) is 6.94. The molecule has 0 radical (unpaired) electrons. The van der Waals surface area contributed by atoms with E-state index in [4.69, 9.17) is 0 Å². The van der Waals surface area contributed by atoms with E-state index in [0.717, 1.165) is 157 Å². The van der Waals surface area contributed by atoms with Gasteiger partial charge in [0, 0.05) is 157 Å². The molecule has 6 aliphatic rings. The van der Waals surface area contributed by atoms with Crippen molar-refractivity contribution in [2.45, 2.75) is 18.3 Å². The van der Waals surface area contributed by atoms with Crippen LogP contribution in [0.25, 0.3) is 0 Å². The van der Waals surface area contributed by atoms with Crippen molar-refractivity contribution in [2.75, 3.05) is 157 Å². The van der Waals surface area contributed by atoms with Crippen LogP contribution in [0.1, 0.15) is 0 Å². The van der Waals surface area contributed by atoms with Gasteiger partial charge in [-0.05, 0) is 0 Å². The summed E-state index contributed by atoms with van der Waals surface area (Å²) in [5.74, 6) is 0. The van der Waals surface area contributed by atoms with Crippen molar-refractivity contribution in [3.63, 3.8) is 0 Å². The van der Waals surface area contributed by atoms with E-state index in [9.17, 15) is 15.3 Å². The van der Waals surface area contributed by atoms with Gasteiger partial charge < -0.3 is 15.3 Å². The highest BCUT2D eigenvalue weighted by molar-refractivity contribution is 4.83. The van der Waals surface area contributed by atoms with Crippen LogP contribution in [0, 0.1) is 0 Å². The summed E-state index contributed by atoms with van der Waals surface area (Å²) in [5.41, 5.74) is 0. The van der Waals surface area contributed by atoms with E-state index in [1.54, 1.807) is 0 Å². The minimum atomic E-state index is -0.292. The molecule has 38 heavy (non-hydrogen) atoms. The van der Waals surface area contributed by atoms with Gasteiger partial charge in [0.15, 0.2) is 0 Å². The number of rotatable bonds is 0. The Labute approximate surface area is 230 Å². The summed E-state index contributed by atoms with van der Waals surface area (Å²) >= 11 is 0. The first-order chi connectivity index (χ1) is 18.5.